The Labute approximate surface area is 187 Å². The highest BCUT2D eigenvalue weighted by Crippen LogP contribution is 2.39. The van der Waals surface area contributed by atoms with Gasteiger partial charge in [0.15, 0.2) is 0 Å². The lowest BCUT2D eigenvalue weighted by Gasteiger charge is -2.43. The van der Waals surface area contributed by atoms with Crippen molar-refractivity contribution in [2.45, 2.75) is 58.8 Å². The van der Waals surface area contributed by atoms with Crippen LogP contribution in [0.1, 0.15) is 56.0 Å². The molecule has 1 aromatic rings. The van der Waals surface area contributed by atoms with Crippen LogP contribution in [0.3, 0.4) is 0 Å². The fourth-order valence-corrected chi connectivity index (χ4v) is 5.52. The third kappa shape index (κ3) is 7.01. The van der Waals surface area contributed by atoms with E-state index in [1.54, 1.807) is 0 Å². The zero-order chi connectivity index (χ0) is 22.5. The molecule has 0 amide bonds. The number of nitrogens with zero attached hydrogens (tertiary/aromatic N) is 1. The number of carbonyl (C=O) groups excluding carboxylic acids is 1. The maximum Gasteiger partial charge on any atom is 0.337 e. The average Bonchev–Trinajstić information content (AvgIpc) is 2.71. The number of carbonyl (C=O) groups is 1. The SMILES string of the molecule is COC(=O)c1ccc(C[N+]2(C[C@H](O)CO[C@H]3C[C@H](C)CC(C)(C)C3)CCOCC2)cc1. The van der Waals surface area contributed by atoms with Crippen molar-refractivity contribution in [1.82, 2.24) is 0 Å². The van der Waals surface area contributed by atoms with Crippen LogP contribution in [0.4, 0.5) is 0 Å². The largest absolute Gasteiger partial charge is 0.465 e. The molecule has 0 aromatic heterocycles. The maximum absolute atomic E-state index is 11.7. The molecule has 1 aliphatic carbocycles. The van der Waals surface area contributed by atoms with Gasteiger partial charge in [-0.3, -0.25) is 0 Å². The molecule has 1 N–H and O–H groups in total. The molecule has 31 heavy (non-hydrogen) atoms. The average molecular weight is 435 g/mol. The van der Waals surface area contributed by atoms with E-state index in [0.29, 0.717) is 43.3 Å². The van der Waals surface area contributed by atoms with Crippen molar-refractivity contribution in [1.29, 1.82) is 0 Å². The number of ether oxygens (including phenoxy) is 3. The van der Waals surface area contributed by atoms with E-state index < -0.39 is 6.10 Å². The molecule has 2 fully saturated rings. The van der Waals surface area contributed by atoms with Gasteiger partial charge in [0.25, 0.3) is 0 Å². The third-order valence-corrected chi connectivity index (χ3v) is 6.78. The van der Waals surface area contributed by atoms with E-state index in [0.717, 1.165) is 42.5 Å². The molecule has 6 nitrogen and oxygen atoms in total. The quantitative estimate of drug-likeness (QED) is 0.502. The van der Waals surface area contributed by atoms with Crippen molar-refractivity contribution in [3.8, 4) is 0 Å². The van der Waals surface area contributed by atoms with Crippen LogP contribution in [0, 0.1) is 11.3 Å². The second-order valence-electron chi connectivity index (χ2n) is 10.5. The maximum atomic E-state index is 11.7. The summed E-state index contributed by atoms with van der Waals surface area (Å²) in [5.41, 5.74) is 2.00. The molecule has 1 aromatic carbocycles. The van der Waals surface area contributed by atoms with Gasteiger partial charge in [-0.2, -0.15) is 0 Å². The highest BCUT2D eigenvalue weighted by Gasteiger charge is 2.35. The minimum atomic E-state index is -0.507. The Kier molecular flexibility index (Phi) is 8.14. The zero-order valence-corrected chi connectivity index (χ0v) is 19.6. The number of aliphatic hydroxyl groups is 1. The fourth-order valence-electron chi connectivity index (χ4n) is 5.52. The highest BCUT2D eigenvalue weighted by molar-refractivity contribution is 5.89. The van der Waals surface area contributed by atoms with Crippen molar-refractivity contribution in [2.24, 2.45) is 11.3 Å². The Bertz CT molecular complexity index is 711. The van der Waals surface area contributed by atoms with Crippen LogP contribution in [0.15, 0.2) is 24.3 Å². The van der Waals surface area contributed by atoms with Crippen LogP contribution in [0.25, 0.3) is 0 Å². The number of methoxy groups -OCH3 is 1. The Morgan fingerprint density at radius 2 is 1.90 bits per heavy atom. The molecule has 3 rings (SSSR count). The summed E-state index contributed by atoms with van der Waals surface area (Å²) in [6.45, 7) is 11.9. The van der Waals surface area contributed by atoms with E-state index in [1.807, 2.05) is 24.3 Å². The summed E-state index contributed by atoms with van der Waals surface area (Å²) in [5, 5.41) is 10.9. The second kappa shape index (κ2) is 10.4. The number of rotatable bonds is 8. The summed E-state index contributed by atoms with van der Waals surface area (Å²) in [6.07, 6.45) is 3.11. The number of aliphatic hydroxyl groups excluding tert-OH is 1. The summed E-state index contributed by atoms with van der Waals surface area (Å²) in [5.74, 6) is 0.339. The summed E-state index contributed by atoms with van der Waals surface area (Å²) < 4.78 is 17.4. The molecule has 1 aliphatic heterocycles. The van der Waals surface area contributed by atoms with E-state index in [9.17, 15) is 9.90 Å². The third-order valence-electron chi connectivity index (χ3n) is 6.78. The molecule has 174 valence electrons. The first-order chi connectivity index (χ1) is 14.7. The van der Waals surface area contributed by atoms with Gasteiger partial charge < -0.3 is 23.8 Å². The van der Waals surface area contributed by atoms with Crippen LogP contribution < -0.4 is 0 Å². The first-order valence-corrected chi connectivity index (χ1v) is 11.6. The monoisotopic (exact) mass is 434 g/mol. The first-order valence-electron chi connectivity index (χ1n) is 11.6. The topological polar surface area (TPSA) is 65.0 Å². The zero-order valence-electron chi connectivity index (χ0n) is 19.6. The van der Waals surface area contributed by atoms with E-state index in [1.165, 1.54) is 13.5 Å². The van der Waals surface area contributed by atoms with Crippen molar-refractivity contribution in [3.63, 3.8) is 0 Å². The van der Waals surface area contributed by atoms with Crippen LogP contribution in [-0.4, -0.2) is 74.3 Å². The van der Waals surface area contributed by atoms with Gasteiger partial charge in [0.2, 0.25) is 0 Å². The molecule has 1 saturated heterocycles. The molecule has 6 heteroatoms. The number of morpholine rings is 1. The Morgan fingerprint density at radius 1 is 1.23 bits per heavy atom. The lowest BCUT2D eigenvalue weighted by atomic mass is 9.71. The van der Waals surface area contributed by atoms with Gasteiger partial charge in [-0.15, -0.1) is 0 Å². The molecular weight excluding hydrogens is 394 g/mol. The Morgan fingerprint density at radius 3 is 2.52 bits per heavy atom. The standard InChI is InChI=1S/C25H40NO5/c1-19-13-23(15-25(2,3)14-19)31-18-22(27)17-26(9-11-30-12-10-26)16-20-5-7-21(8-6-20)24(28)29-4/h5-8,19,22-23,27H,9-18H2,1-4H3/q+1/t19-,22-,23-/m0/s1. The summed E-state index contributed by atoms with van der Waals surface area (Å²) in [6, 6.07) is 7.58. The molecule has 3 atom stereocenters. The summed E-state index contributed by atoms with van der Waals surface area (Å²) in [4.78, 5) is 11.7. The molecule has 0 radical (unpaired) electrons. The summed E-state index contributed by atoms with van der Waals surface area (Å²) in [7, 11) is 1.39. The predicted octanol–water partition coefficient (Wildman–Crippen LogP) is 3.41. The predicted molar refractivity (Wildman–Crippen MR) is 120 cm³/mol. The first kappa shape index (κ1) is 24.2. The lowest BCUT2D eigenvalue weighted by Crippen LogP contribution is -2.58. The number of esters is 1. The van der Waals surface area contributed by atoms with Gasteiger partial charge in [0, 0.05) is 5.56 Å². The van der Waals surface area contributed by atoms with Gasteiger partial charge in [-0.25, -0.2) is 4.79 Å². The highest BCUT2D eigenvalue weighted by atomic mass is 16.5. The van der Waals surface area contributed by atoms with Gasteiger partial charge >= 0.3 is 5.97 Å². The van der Waals surface area contributed by atoms with Crippen molar-refractivity contribution < 1.29 is 28.6 Å². The smallest absolute Gasteiger partial charge is 0.337 e. The second-order valence-corrected chi connectivity index (χ2v) is 10.5. The Hall–Kier alpha value is -1.47. The fraction of sp³-hybridized carbons (Fsp3) is 0.720. The van der Waals surface area contributed by atoms with Crippen LogP contribution in [0.5, 0.6) is 0 Å². The Balaban J connectivity index is 1.59. The molecule has 1 heterocycles. The normalized spacial score (nSPS) is 26.2. The molecule has 0 unspecified atom stereocenters. The summed E-state index contributed by atoms with van der Waals surface area (Å²) >= 11 is 0. The number of benzene rings is 1. The van der Waals surface area contributed by atoms with Crippen molar-refractivity contribution in [3.05, 3.63) is 35.4 Å². The van der Waals surface area contributed by atoms with Crippen LogP contribution >= 0.6 is 0 Å². The molecule has 1 saturated carbocycles. The van der Waals surface area contributed by atoms with Crippen molar-refractivity contribution in [2.75, 3.05) is 46.6 Å². The minimum absolute atomic E-state index is 0.234. The van der Waals surface area contributed by atoms with Gasteiger partial charge in [-0.05, 0) is 42.7 Å². The molecule has 0 bridgehead atoms. The van der Waals surface area contributed by atoms with Crippen LogP contribution in [-0.2, 0) is 20.8 Å². The lowest BCUT2D eigenvalue weighted by molar-refractivity contribution is -0.950. The van der Waals surface area contributed by atoms with E-state index in [2.05, 4.69) is 20.8 Å². The number of quaternary nitrogens is 1. The number of hydrogen-bond donors (Lipinski definition) is 1. The van der Waals surface area contributed by atoms with Crippen LogP contribution in [0.2, 0.25) is 0 Å². The minimum Gasteiger partial charge on any atom is -0.465 e. The van der Waals surface area contributed by atoms with Gasteiger partial charge in [0.1, 0.15) is 32.3 Å². The van der Waals surface area contributed by atoms with Crippen molar-refractivity contribution >= 4 is 5.97 Å². The van der Waals surface area contributed by atoms with E-state index in [4.69, 9.17) is 14.2 Å². The van der Waals surface area contributed by atoms with Gasteiger partial charge in [0.05, 0.1) is 38.6 Å². The van der Waals surface area contributed by atoms with E-state index in [-0.39, 0.29) is 12.1 Å². The van der Waals surface area contributed by atoms with Gasteiger partial charge in [-0.1, -0.05) is 32.9 Å². The molecule has 0 spiro atoms. The van der Waals surface area contributed by atoms with E-state index >= 15 is 0 Å². The number of hydrogen-bond acceptors (Lipinski definition) is 5. The molecular formula is C25H40NO5+. The molecule has 2 aliphatic rings.